The molecule has 152 valence electrons. The quantitative estimate of drug-likeness (QED) is 0.447. The predicted octanol–water partition coefficient (Wildman–Crippen LogP) is 0.450. The standard InChI is InChI=1S/C22H29NO5/c1-9-4-20-7-12-15-19(3)5-11(28-10(2)24)6-21(15)16(20)14(25)13(9)17(26)22(20,27)18(21)23(12)8-19/h11-18,25-27H,1,4-8H2,2-3H3/t11-,12+,13-,14-,15-,16-,17-,18+,19+,20-,21+,22+/m1/s1. The third-order valence-corrected chi connectivity index (χ3v) is 10.6. The van der Waals surface area contributed by atoms with E-state index < -0.39 is 29.1 Å². The number of nitrogens with zero attached hydrogens (tertiary/aromatic N) is 1. The molecule has 0 radical (unpaired) electrons. The number of carbonyl (C=O) groups is 1. The first kappa shape index (κ1) is 16.8. The number of piperidine rings is 2. The molecule has 28 heavy (non-hydrogen) atoms. The van der Waals surface area contributed by atoms with Gasteiger partial charge in [0.25, 0.3) is 0 Å². The van der Waals surface area contributed by atoms with Gasteiger partial charge in [0.2, 0.25) is 0 Å². The summed E-state index contributed by atoms with van der Waals surface area (Å²) in [6, 6.07) is 0.245. The Balaban J connectivity index is 1.49. The summed E-state index contributed by atoms with van der Waals surface area (Å²) in [5, 5.41) is 35.1. The number of ether oxygens (including phenoxy) is 1. The fourth-order valence-corrected chi connectivity index (χ4v) is 11.0. The van der Waals surface area contributed by atoms with Crippen molar-refractivity contribution >= 4 is 5.97 Å². The molecule has 9 bridgehead atoms. The molecule has 13 atom stereocenters. The first-order valence-electron chi connectivity index (χ1n) is 10.8. The Bertz CT molecular complexity index is 860. The van der Waals surface area contributed by atoms with Gasteiger partial charge in [0.15, 0.2) is 0 Å². The molecule has 9 rings (SSSR count). The topological polar surface area (TPSA) is 90.2 Å². The molecule has 0 amide bonds. The molecular formula is C22H29NO5. The largest absolute Gasteiger partial charge is 0.463 e. The van der Waals surface area contributed by atoms with Crippen molar-refractivity contribution in [3.05, 3.63) is 12.2 Å². The highest BCUT2D eigenvalue weighted by atomic mass is 16.5. The fourth-order valence-electron chi connectivity index (χ4n) is 11.0. The Hall–Kier alpha value is -0.950. The molecule has 6 heteroatoms. The minimum Gasteiger partial charge on any atom is -0.463 e. The summed E-state index contributed by atoms with van der Waals surface area (Å²) < 4.78 is 5.75. The van der Waals surface area contributed by atoms with Gasteiger partial charge in [-0.05, 0) is 37.0 Å². The molecule has 6 aliphatic carbocycles. The van der Waals surface area contributed by atoms with Gasteiger partial charge in [0, 0.05) is 48.2 Å². The van der Waals surface area contributed by atoms with E-state index in [4.69, 9.17) is 4.74 Å². The maximum absolute atomic E-state index is 12.2. The van der Waals surface area contributed by atoms with Crippen molar-refractivity contribution in [2.75, 3.05) is 6.54 Å². The summed E-state index contributed by atoms with van der Waals surface area (Å²) in [5.41, 5.74) is -1.07. The van der Waals surface area contributed by atoms with Crippen LogP contribution in [-0.4, -0.2) is 68.7 Å². The third kappa shape index (κ3) is 1.26. The highest BCUT2D eigenvalue weighted by Crippen LogP contribution is 2.88. The first-order chi connectivity index (χ1) is 13.1. The van der Waals surface area contributed by atoms with Crippen LogP contribution >= 0.6 is 0 Å². The van der Waals surface area contributed by atoms with Crippen molar-refractivity contribution in [1.82, 2.24) is 4.90 Å². The molecule has 3 saturated heterocycles. The molecule has 9 aliphatic rings. The van der Waals surface area contributed by atoms with Gasteiger partial charge in [-0.3, -0.25) is 9.69 Å². The number of rotatable bonds is 1. The molecule has 3 aliphatic heterocycles. The molecule has 0 aromatic heterocycles. The van der Waals surface area contributed by atoms with E-state index in [9.17, 15) is 20.1 Å². The summed E-state index contributed by atoms with van der Waals surface area (Å²) in [6.07, 6.45) is 1.27. The van der Waals surface area contributed by atoms with Crippen LogP contribution in [0.4, 0.5) is 0 Å². The number of fused-ring (bicyclic) bond motifs is 1. The Kier molecular flexibility index (Phi) is 2.55. The van der Waals surface area contributed by atoms with Crippen molar-refractivity contribution in [3.8, 4) is 0 Å². The van der Waals surface area contributed by atoms with Crippen LogP contribution in [0, 0.1) is 34.0 Å². The molecule has 0 aromatic carbocycles. The van der Waals surface area contributed by atoms with Gasteiger partial charge in [0.1, 0.15) is 11.7 Å². The van der Waals surface area contributed by atoms with E-state index in [0.29, 0.717) is 24.8 Å². The van der Waals surface area contributed by atoms with E-state index in [1.165, 1.54) is 6.92 Å². The summed E-state index contributed by atoms with van der Waals surface area (Å²) in [5.74, 6) is -0.379. The second kappa shape index (κ2) is 4.25. The highest BCUT2D eigenvalue weighted by molar-refractivity contribution is 5.66. The second-order valence-corrected chi connectivity index (χ2v) is 11.5. The van der Waals surface area contributed by atoms with Crippen LogP contribution < -0.4 is 0 Å². The fraction of sp³-hybridized carbons (Fsp3) is 0.864. The normalized spacial score (nSPS) is 69.3. The van der Waals surface area contributed by atoms with Crippen molar-refractivity contribution in [3.63, 3.8) is 0 Å². The van der Waals surface area contributed by atoms with Crippen LogP contribution in [0.15, 0.2) is 12.2 Å². The monoisotopic (exact) mass is 387 g/mol. The summed E-state index contributed by atoms with van der Waals surface area (Å²) >= 11 is 0. The van der Waals surface area contributed by atoms with Gasteiger partial charge in [-0.25, -0.2) is 0 Å². The molecule has 0 aromatic rings. The number of hydrogen-bond donors (Lipinski definition) is 3. The molecule has 2 spiro atoms. The Morgan fingerprint density at radius 3 is 2.71 bits per heavy atom. The predicted molar refractivity (Wildman–Crippen MR) is 97.9 cm³/mol. The molecule has 3 heterocycles. The zero-order valence-electron chi connectivity index (χ0n) is 16.5. The van der Waals surface area contributed by atoms with Crippen LogP contribution in [0.5, 0.6) is 0 Å². The lowest BCUT2D eigenvalue weighted by atomic mass is 9.39. The lowest BCUT2D eigenvalue weighted by Gasteiger charge is -2.67. The van der Waals surface area contributed by atoms with Crippen molar-refractivity contribution in [2.24, 2.45) is 34.0 Å². The molecule has 3 N–H and O–H groups in total. The van der Waals surface area contributed by atoms with Gasteiger partial charge < -0.3 is 20.1 Å². The number of esters is 1. The summed E-state index contributed by atoms with van der Waals surface area (Å²) in [4.78, 5) is 14.3. The Morgan fingerprint density at radius 2 is 2.00 bits per heavy atom. The van der Waals surface area contributed by atoms with Crippen molar-refractivity contribution in [2.45, 2.75) is 75.5 Å². The SMILES string of the molecule is C=C1C[C@@]23C[C@H]4[C@@H]5[C@@]6(C)C[C@@H](OC(C)=O)C[C@@]57[C@@H]2[C@H](O)[C@@H]1[C@@H](O)[C@]3(O)[C@H]7N4C6. The minimum atomic E-state index is -1.20. The van der Waals surface area contributed by atoms with E-state index in [1.54, 1.807) is 0 Å². The van der Waals surface area contributed by atoms with Gasteiger partial charge in [-0.1, -0.05) is 19.1 Å². The molecule has 6 nitrogen and oxygen atoms in total. The Morgan fingerprint density at radius 1 is 1.25 bits per heavy atom. The lowest BCUT2D eigenvalue weighted by Crippen LogP contribution is -2.76. The van der Waals surface area contributed by atoms with E-state index in [1.807, 2.05) is 0 Å². The zero-order valence-corrected chi connectivity index (χ0v) is 16.5. The van der Waals surface area contributed by atoms with Gasteiger partial charge in [0.05, 0.1) is 12.2 Å². The Labute approximate surface area is 164 Å². The summed E-state index contributed by atoms with van der Waals surface area (Å²) in [7, 11) is 0. The zero-order chi connectivity index (χ0) is 19.6. The van der Waals surface area contributed by atoms with Crippen LogP contribution in [-0.2, 0) is 9.53 Å². The first-order valence-corrected chi connectivity index (χ1v) is 10.8. The number of hydrogen-bond acceptors (Lipinski definition) is 6. The van der Waals surface area contributed by atoms with Crippen molar-refractivity contribution in [1.29, 1.82) is 0 Å². The van der Waals surface area contributed by atoms with E-state index in [-0.39, 0.29) is 34.9 Å². The lowest BCUT2D eigenvalue weighted by molar-refractivity contribution is -0.280. The van der Waals surface area contributed by atoms with Crippen LogP contribution in [0.3, 0.4) is 0 Å². The molecule has 6 saturated carbocycles. The minimum absolute atomic E-state index is 0.0237. The number of aliphatic hydroxyl groups excluding tert-OH is 2. The number of carbonyl (C=O) groups excluding carboxylic acids is 1. The van der Waals surface area contributed by atoms with Crippen molar-refractivity contribution < 1.29 is 24.9 Å². The maximum atomic E-state index is 12.2. The van der Waals surface area contributed by atoms with Gasteiger partial charge in [-0.2, -0.15) is 0 Å². The van der Waals surface area contributed by atoms with Gasteiger partial charge >= 0.3 is 5.97 Å². The maximum Gasteiger partial charge on any atom is 0.302 e. The number of aliphatic hydroxyl groups is 3. The van der Waals surface area contributed by atoms with E-state index in [2.05, 4.69) is 18.4 Å². The van der Waals surface area contributed by atoms with E-state index >= 15 is 0 Å². The van der Waals surface area contributed by atoms with Crippen LogP contribution in [0.25, 0.3) is 0 Å². The smallest absolute Gasteiger partial charge is 0.302 e. The van der Waals surface area contributed by atoms with Crippen LogP contribution in [0.2, 0.25) is 0 Å². The third-order valence-electron chi connectivity index (χ3n) is 10.6. The van der Waals surface area contributed by atoms with E-state index in [0.717, 1.165) is 25.0 Å². The molecular weight excluding hydrogens is 358 g/mol. The average molecular weight is 387 g/mol. The average Bonchev–Trinajstić information content (AvgIpc) is 2.97. The summed E-state index contributed by atoms with van der Waals surface area (Å²) in [6.45, 7) is 8.85. The highest BCUT2D eigenvalue weighted by Gasteiger charge is 2.94. The van der Waals surface area contributed by atoms with Crippen LogP contribution in [0.1, 0.15) is 39.5 Å². The molecule has 1 unspecified atom stereocenters. The van der Waals surface area contributed by atoms with Gasteiger partial charge in [-0.15, -0.1) is 0 Å². The molecule has 9 fully saturated rings. The second-order valence-electron chi connectivity index (χ2n) is 11.5.